The number of nitrogens with zero attached hydrogens (tertiary/aromatic N) is 1. The highest BCUT2D eigenvalue weighted by Gasteiger charge is 2.35. The normalized spacial score (nSPS) is 27.7. The smallest absolute Gasteiger partial charge is 0.253 e. The summed E-state index contributed by atoms with van der Waals surface area (Å²) < 4.78 is 0. The molecule has 2 aliphatic heterocycles. The predicted molar refractivity (Wildman–Crippen MR) is 71.5 cm³/mol. The van der Waals surface area contributed by atoms with Gasteiger partial charge in [0.1, 0.15) is 0 Å². The largest absolute Gasteiger partial charge is 0.337 e. The molecule has 2 heterocycles. The lowest BCUT2D eigenvalue weighted by Gasteiger charge is -2.17. The summed E-state index contributed by atoms with van der Waals surface area (Å²) in [6.45, 7) is 2.90. The Morgan fingerprint density at radius 2 is 2.00 bits per heavy atom. The van der Waals surface area contributed by atoms with Crippen LogP contribution in [0, 0.1) is 5.92 Å². The molecule has 3 heteroatoms. The van der Waals surface area contributed by atoms with Gasteiger partial charge in [-0.1, -0.05) is 24.6 Å². The first-order valence-electron chi connectivity index (χ1n) is 6.92. The second kappa shape index (κ2) is 5.11. The average Bonchev–Trinajstić information content (AvgIpc) is 2.70. The minimum absolute atomic E-state index is 0.186. The lowest BCUT2D eigenvalue weighted by Crippen LogP contribution is -2.36. The molecule has 1 aromatic rings. The highest BCUT2D eigenvalue weighted by atomic mass is 16.2. The number of likely N-dealkylation sites (tertiary alicyclic amines) is 1. The van der Waals surface area contributed by atoms with Crippen molar-refractivity contribution in [2.75, 3.05) is 19.6 Å². The van der Waals surface area contributed by atoms with Gasteiger partial charge in [-0.2, -0.15) is 0 Å². The average molecular weight is 244 g/mol. The SMILES string of the molecule is O=C(c1ccccc1)N1CC2CCCCNC2C1. The van der Waals surface area contributed by atoms with Crippen molar-refractivity contribution in [3.05, 3.63) is 35.9 Å². The number of amides is 1. The predicted octanol–water partition coefficient (Wildman–Crippen LogP) is 1.90. The third kappa shape index (κ3) is 2.27. The van der Waals surface area contributed by atoms with E-state index in [-0.39, 0.29) is 5.91 Å². The fraction of sp³-hybridized carbons (Fsp3) is 0.533. The molecule has 0 spiro atoms. The van der Waals surface area contributed by atoms with Gasteiger partial charge in [0, 0.05) is 24.7 Å². The van der Waals surface area contributed by atoms with Crippen molar-refractivity contribution in [2.24, 2.45) is 5.92 Å². The zero-order valence-corrected chi connectivity index (χ0v) is 10.6. The highest BCUT2D eigenvalue weighted by molar-refractivity contribution is 5.94. The molecule has 2 aliphatic rings. The maximum atomic E-state index is 12.4. The molecule has 0 aliphatic carbocycles. The first-order chi connectivity index (χ1) is 8.84. The van der Waals surface area contributed by atoms with Crippen LogP contribution in [-0.4, -0.2) is 36.5 Å². The number of carbonyl (C=O) groups excluding carboxylic acids is 1. The molecule has 3 nitrogen and oxygen atoms in total. The third-order valence-corrected chi connectivity index (χ3v) is 4.16. The molecule has 1 aromatic carbocycles. The summed E-state index contributed by atoms with van der Waals surface area (Å²) in [7, 11) is 0. The van der Waals surface area contributed by atoms with Crippen LogP contribution < -0.4 is 5.32 Å². The Balaban J connectivity index is 1.70. The minimum Gasteiger partial charge on any atom is -0.337 e. The standard InChI is InChI=1S/C15H20N2O/c18-15(12-6-2-1-3-7-12)17-10-13-8-4-5-9-16-14(13)11-17/h1-3,6-7,13-14,16H,4-5,8-11H2. The van der Waals surface area contributed by atoms with Crippen LogP contribution in [-0.2, 0) is 0 Å². The van der Waals surface area contributed by atoms with Crippen molar-refractivity contribution in [1.82, 2.24) is 10.2 Å². The van der Waals surface area contributed by atoms with Crippen molar-refractivity contribution in [2.45, 2.75) is 25.3 Å². The quantitative estimate of drug-likeness (QED) is 0.818. The molecule has 2 atom stereocenters. The molecule has 2 fully saturated rings. The fourth-order valence-electron chi connectivity index (χ4n) is 3.14. The van der Waals surface area contributed by atoms with Gasteiger partial charge in [-0.3, -0.25) is 4.79 Å². The van der Waals surface area contributed by atoms with E-state index in [0.29, 0.717) is 12.0 Å². The van der Waals surface area contributed by atoms with Crippen LogP contribution in [0.25, 0.3) is 0 Å². The lowest BCUT2D eigenvalue weighted by atomic mass is 9.99. The van der Waals surface area contributed by atoms with Crippen LogP contribution in [0.5, 0.6) is 0 Å². The Hall–Kier alpha value is -1.35. The van der Waals surface area contributed by atoms with E-state index < -0.39 is 0 Å². The topological polar surface area (TPSA) is 32.3 Å². The van der Waals surface area contributed by atoms with Gasteiger partial charge >= 0.3 is 0 Å². The third-order valence-electron chi connectivity index (χ3n) is 4.16. The minimum atomic E-state index is 0.186. The summed E-state index contributed by atoms with van der Waals surface area (Å²) in [6.07, 6.45) is 3.83. The molecular formula is C15H20N2O. The van der Waals surface area contributed by atoms with Crippen molar-refractivity contribution >= 4 is 5.91 Å². The van der Waals surface area contributed by atoms with E-state index in [9.17, 15) is 4.79 Å². The van der Waals surface area contributed by atoms with Gasteiger partial charge in [-0.25, -0.2) is 0 Å². The van der Waals surface area contributed by atoms with E-state index in [1.807, 2.05) is 35.2 Å². The van der Waals surface area contributed by atoms with Gasteiger partial charge in [0.2, 0.25) is 0 Å². The summed E-state index contributed by atoms with van der Waals surface area (Å²) in [5, 5.41) is 3.59. The van der Waals surface area contributed by atoms with E-state index in [1.54, 1.807) is 0 Å². The first-order valence-corrected chi connectivity index (χ1v) is 6.92. The Bertz CT molecular complexity index is 404. The van der Waals surface area contributed by atoms with Crippen molar-refractivity contribution in [3.8, 4) is 0 Å². The molecule has 2 unspecified atom stereocenters. The highest BCUT2D eigenvalue weighted by Crippen LogP contribution is 2.25. The van der Waals surface area contributed by atoms with Gasteiger partial charge in [0.25, 0.3) is 5.91 Å². The second-order valence-corrected chi connectivity index (χ2v) is 5.39. The zero-order valence-electron chi connectivity index (χ0n) is 10.6. The summed E-state index contributed by atoms with van der Waals surface area (Å²) >= 11 is 0. The van der Waals surface area contributed by atoms with Gasteiger partial charge in [-0.05, 0) is 37.4 Å². The van der Waals surface area contributed by atoms with Crippen LogP contribution in [0.4, 0.5) is 0 Å². The van der Waals surface area contributed by atoms with Crippen molar-refractivity contribution in [3.63, 3.8) is 0 Å². The molecule has 1 N–H and O–H groups in total. The molecule has 3 rings (SSSR count). The van der Waals surface area contributed by atoms with Crippen molar-refractivity contribution < 1.29 is 4.79 Å². The van der Waals surface area contributed by atoms with Crippen LogP contribution in [0.2, 0.25) is 0 Å². The number of hydrogen-bond acceptors (Lipinski definition) is 2. The number of benzene rings is 1. The number of carbonyl (C=O) groups is 1. The second-order valence-electron chi connectivity index (χ2n) is 5.39. The Morgan fingerprint density at radius 3 is 2.83 bits per heavy atom. The van der Waals surface area contributed by atoms with E-state index in [4.69, 9.17) is 0 Å². The molecule has 1 amide bonds. The monoisotopic (exact) mass is 244 g/mol. The number of nitrogens with one attached hydrogen (secondary N) is 1. The molecule has 18 heavy (non-hydrogen) atoms. The maximum Gasteiger partial charge on any atom is 0.253 e. The lowest BCUT2D eigenvalue weighted by molar-refractivity contribution is 0.0784. The Morgan fingerprint density at radius 1 is 1.17 bits per heavy atom. The molecule has 0 saturated carbocycles. The van der Waals surface area contributed by atoms with E-state index in [2.05, 4.69) is 5.32 Å². The zero-order chi connectivity index (χ0) is 12.4. The van der Waals surface area contributed by atoms with Crippen LogP contribution >= 0.6 is 0 Å². The molecule has 0 bridgehead atoms. The van der Waals surface area contributed by atoms with Gasteiger partial charge in [0.05, 0.1) is 0 Å². The van der Waals surface area contributed by atoms with Crippen LogP contribution in [0.3, 0.4) is 0 Å². The van der Waals surface area contributed by atoms with E-state index in [1.165, 1.54) is 19.3 Å². The molecule has 96 valence electrons. The van der Waals surface area contributed by atoms with E-state index in [0.717, 1.165) is 25.2 Å². The summed E-state index contributed by atoms with van der Waals surface area (Å²) in [4.78, 5) is 14.4. The first kappa shape index (κ1) is 11.7. The Labute approximate surface area is 108 Å². The van der Waals surface area contributed by atoms with Crippen LogP contribution in [0.1, 0.15) is 29.6 Å². The molecular weight excluding hydrogens is 224 g/mol. The van der Waals surface area contributed by atoms with Gasteiger partial charge in [-0.15, -0.1) is 0 Å². The number of hydrogen-bond donors (Lipinski definition) is 1. The number of fused-ring (bicyclic) bond motifs is 1. The molecule has 0 aromatic heterocycles. The van der Waals surface area contributed by atoms with Gasteiger partial charge < -0.3 is 10.2 Å². The number of rotatable bonds is 1. The van der Waals surface area contributed by atoms with Crippen molar-refractivity contribution in [1.29, 1.82) is 0 Å². The fourth-order valence-corrected chi connectivity index (χ4v) is 3.14. The summed E-state index contributed by atoms with van der Waals surface area (Å²) in [5.41, 5.74) is 0.814. The van der Waals surface area contributed by atoms with E-state index >= 15 is 0 Å². The molecule has 0 radical (unpaired) electrons. The summed E-state index contributed by atoms with van der Waals surface area (Å²) in [5.74, 6) is 0.839. The van der Waals surface area contributed by atoms with Crippen LogP contribution in [0.15, 0.2) is 30.3 Å². The van der Waals surface area contributed by atoms with Gasteiger partial charge in [0.15, 0.2) is 0 Å². The maximum absolute atomic E-state index is 12.4. The Kier molecular flexibility index (Phi) is 3.33. The summed E-state index contributed by atoms with van der Waals surface area (Å²) in [6, 6.07) is 10.1. The molecule has 2 saturated heterocycles.